The van der Waals surface area contributed by atoms with Crippen LogP contribution in [0.1, 0.15) is 34.8 Å². The number of ether oxygens (including phenoxy) is 2. The number of methoxy groups -OCH3 is 2. The van der Waals surface area contributed by atoms with Crippen molar-refractivity contribution in [1.29, 1.82) is 0 Å². The molecule has 1 amide bonds. The van der Waals surface area contributed by atoms with Gasteiger partial charge in [0.05, 0.1) is 18.4 Å². The van der Waals surface area contributed by atoms with Gasteiger partial charge in [0.15, 0.2) is 0 Å². The summed E-state index contributed by atoms with van der Waals surface area (Å²) in [5.74, 6) is -0.883. The first-order valence-corrected chi connectivity index (χ1v) is 9.74. The van der Waals surface area contributed by atoms with Crippen molar-refractivity contribution in [3.05, 3.63) is 64.5 Å². The summed E-state index contributed by atoms with van der Waals surface area (Å²) in [5.41, 5.74) is 2.61. The second kappa shape index (κ2) is 9.09. The van der Waals surface area contributed by atoms with E-state index in [0.717, 1.165) is 11.1 Å². The summed E-state index contributed by atoms with van der Waals surface area (Å²) in [6.45, 7) is 4.45. The van der Waals surface area contributed by atoms with E-state index in [0.29, 0.717) is 36.6 Å². The summed E-state index contributed by atoms with van der Waals surface area (Å²) in [4.78, 5) is 31.6. The fourth-order valence-corrected chi connectivity index (χ4v) is 3.74. The molecule has 1 aliphatic rings. The van der Waals surface area contributed by atoms with Crippen molar-refractivity contribution in [3.63, 3.8) is 0 Å². The van der Waals surface area contributed by atoms with E-state index in [1.54, 1.807) is 50.7 Å². The zero-order chi connectivity index (χ0) is 21.8. The van der Waals surface area contributed by atoms with Gasteiger partial charge in [0.1, 0.15) is 17.6 Å². The van der Waals surface area contributed by atoms with Gasteiger partial charge >= 0.3 is 0 Å². The average Bonchev–Trinajstić information content (AvgIpc) is 3.00. The summed E-state index contributed by atoms with van der Waals surface area (Å²) in [6, 6.07) is 8.11. The summed E-state index contributed by atoms with van der Waals surface area (Å²) < 4.78 is 10.4. The van der Waals surface area contributed by atoms with Gasteiger partial charge in [0.25, 0.3) is 11.7 Å². The molecule has 1 N–H and O–H groups in total. The molecule has 0 spiro atoms. The van der Waals surface area contributed by atoms with Crippen LogP contribution in [0.25, 0.3) is 5.76 Å². The lowest BCUT2D eigenvalue weighted by Gasteiger charge is -2.24. The molecule has 2 aromatic rings. The topological polar surface area (TPSA) is 89.0 Å². The third-order valence-electron chi connectivity index (χ3n) is 5.25. The van der Waals surface area contributed by atoms with E-state index >= 15 is 0 Å². The molecule has 0 aliphatic carbocycles. The lowest BCUT2D eigenvalue weighted by molar-refractivity contribution is -0.140. The van der Waals surface area contributed by atoms with Crippen LogP contribution in [0.3, 0.4) is 0 Å². The van der Waals surface area contributed by atoms with Crippen LogP contribution in [-0.2, 0) is 14.3 Å². The van der Waals surface area contributed by atoms with Gasteiger partial charge in [-0.25, -0.2) is 0 Å². The minimum Gasteiger partial charge on any atom is -0.507 e. The number of pyridine rings is 1. The van der Waals surface area contributed by atoms with E-state index in [-0.39, 0.29) is 11.3 Å². The van der Waals surface area contributed by atoms with Gasteiger partial charge in [-0.2, -0.15) is 0 Å². The lowest BCUT2D eigenvalue weighted by Crippen LogP contribution is -2.31. The molecule has 1 aromatic heterocycles. The molecule has 7 nitrogen and oxygen atoms in total. The first-order valence-electron chi connectivity index (χ1n) is 9.74. The van der Waals surface area contributed by atoms with E-state index in [4.69, 9.17) is 9.47 Å². The molecule has 0 radical (unpaired) electrons. The molecule has 1 aliphatic heterocycles. The molecule has 1 aromatic carbocycles. The zero-order valence-corrected chi connectivity index (χ0v) is 17.6. The van der Waals surface area contributed by atoms with E-state index in [1.165, 1.54) is 4.90 Å². The molecular weight excluding hydrogens is 384 g/mol. The minimum atomic E-state index is -0.759. The number of Topliss-reactive ketones (excluding diaryl/α,β-unsaturated/α-hetero) is 1. The molecule has 7 heteroatoms. The molecule has 3 rings (SSSR count). The third-order valence-corrected chi connectivity index (χ3v) is 5.25. The number of amides is 1. The van der Waals surface area contributed by atoms with Crippen molar-refractivity contribution in [1.82, 2.24) is 9.88 Å². The van der Waals surface area contributed by atoms with Crippen molar-refractivity contribution < 1.29 is 24.2 Å². The number of nitrogens with zero attached hydrogens (tertiary/aromatic N) is 2. The monoisotopic (exact) mass is 410 g/mol. The number of ketones is 1. The van der Waals surface area contributed by atoms with Gasteiger partial charge < -0.3 is 19.5 Å². The summed E-state index contributed by atoms with van der Waals surface area (Å²) in [6.07, 6.45) is 2.17. The molecule has 2 heterocycles. The number of hydrogen-bond donors (Lipinski definition) is 1. The Morgan fingerprint density at radius 3 is 2.57 bits per heavy atom. The Morgan fingerprint density at radius 1 is 1.17 bits per heavy atom. The van der Waals surface area contributed by atoms with Crippen LogP contribution in [0.2, 0.25) is 0 Å². The van der Waals surface area contributed by atoms with Gasteiger partial charge in [-0.05, 0) is 55.7 Å². The fourth-order valence-electron chi connectivity index (χ4n) is 3.74. The number of aliphatic hydroxyl groups excluding tert-OH is 1. The van der Waals surface area contributed by atoms with Crippen LogP contribution in [0, 0.1) is 13.8 Å². The molecule has 1 atom stereocenters. The maximum atomic E-state index is 13.0. The van der Waals surface area contributed by atoms with Crippen LogP contribution < -0.4 is 4.74 Å². The number of benzene rings is 1. The molecule has 0 saturated carbocycles. The summed E-state index contributed by atoms with van der Waals surface area (Å²) >= 11 is 0. The fraction of sp³-hybridized carbons (Fsp3) is 0.348. The standard InChI is InChI=1S/C23H26N2O5/c1-14-13-18(30-4)15(2)12-16(14)21(26)19-20(17-8-5-6-9-24-17)25(10-7-11-29-3)23(28)22(19)27/h5-6,8-9,12-13,20,26H,7,10-11H2,1-4H3/b21-19+. The van der Waals surface area contributed by atoms with Crippen LogP contribution in [-0.4, -0.2) is 54.1 Å². The molecule has 0 bridgehead atoms. The maximum absolute atomic E-state index is 13.0. The Bertz CT molecular complexity index is 985. The number of aliphatic hydroxyl groups is 1. The van der Waals surface area contributed by atoms with Crippen LogP contribution in [0.5, 0.6) is 5.75 Å². The van der Waals surface area contributed by atoms with Gasteiger partial charge in [0, 0.05) is 32.0 Å². The summed E-state index contributed by atoms with van der Waals surface area (Å²) in [7, 11) is 3.16. The minimum absolute atomic E-state index is 0.0452. The number of carbonyl (C=O) groups is 2. The molecule has 1 unspecified atom stereocenters. The van der Waals surface area contributed by atoms with E-state index < -0.39 is 17.7 Å². The van der Waals surface area contributed by atoms with Crippen molar-refractivity contribution >= 4 is 17.4 Å². The van der Waals surface area contributed by atoms with Crippen molar-refractivity contribution in [2.75, 3.05) is 27.4 Å². The molecule has 1 fully saturated rings. The number of rotatable bonds is 7. The first kappa shape index (κ1) is 21.5. The Morgan fingerprint density at radius 2 is 1.93 bits per heavy atom. The number of hydrogen-bond acceptors (Lipinski definition) is 6. The number of aromatic nitrogens is 1. The van der Waals surface area contributed by atoms with Crippen molar-refractivity contribution in [3.8, 4) is 5.75 Å². The second-order valence-corrected chi connectivity index (χ2v) is 7.23. The molecule has 158 valence electrons. The quantitative estimate of drug-likeness (QED) is 0.326. The summed E-state index contributed by atoms with van der Waals surface area (Å²) in [5, 5.41) is 11.2. The Kier molecular flexibility index (Phi) is 6.52. The Labute approximate surface area is 175 Å². The SMILES string of the molecule is COCCCN1C(=O)C(=O)/C(=C(/O)c2cc(C)c(OC)cc2C)C1c1ccccn1. The van der Waals surface area contributed by atoms with Crippen molar-refractivity contribution in [2.45, 2.75) is 26.3 Å². The zero-order valence-electron chi connectivity index (χ0n) is 17.6. The van der Waals surface area contributed by atoms with E-state index in [9.17, 15) is 14.7 Å². The van der Waals surface area contributed by atoms with Crippen LogP contribution in [0.15, 0.2) is 42.1 Å². The number of aryl methyl sites for hydroxylation is 2. The highest BCUT2D eigenvalue weighted by molar-refractivity contribution is 6.46. The highest BCUT2D eigenvalue weighted by Gasteiger charge is 2.46. The Hall–Kier alpha value is -3.19. The average molecular weight is 410 g/mol. The third kappa shape index (κ3) is 3.93. The van der Waals surface area contributed by atoms with E-state index in [1.807, 2.05) is 13.8 Å². The second-order valence-electron chi connectivity index (χ2n) is 7.23. The van der Waals surface area contributed by atoms with Gasteiger partial charge in [-0.15, -0.1) is 0 Å². The van der Waals surface area contributed by atoms with Crippen LogP contribution >= 0.6 is 0 Å². The molecule has 1 saturated heterocycles. The predicted molar refractivity (Wildman–Crippen MR) is 112 cm³/mol. The maximum Gasteiger partial charge on any atom is 0.295 e. The highest BCUT2D eigenvalue weighted by Crippen LogP contribution is 2.39. The normalized spacial score (nSPS) is 18.1. The van der Waals surface area contributed by atoms with Gasteiger partial charge in [0.2, 0.25) is 0 Å². The van der Waals surface area contributed by atoms with Crippen LogP contribution in [0.4, 0.5) is 0 Å². The van der Waals surface area contributed by atoms with E-state index in [2.05, 4.69) is 4.98 Å². The predicted octanol–water partition coefficient (Wildman–Crippen LogP) is 3.17. The van der Waals surface area contributed by atoms with Gasteiger partial charge in [-0.1, -0.05) is 6.07 Å². The first-order chi connectivity index (χ1) is 14.4. The Balaban J connectivity index is 2.16. The van der Waals surface area contributed by atoms with Gasteiger partial charge in [-0.3, -0.25) is 14.6 Å². The smallest absolute Gasteiger partial charge is 0.295 e. The molecular formula is C23H26N2O5. The lowest BCUT2D eigenvalue weighted by atomic mass is 9.95. The number of carbonyl (C=O) groups excluding carboxylic acids is 2. The molecule has 30 heavy (non-hydrogen) atoms. The van der Waals surface area contributed by atoms with Crippen molar-refractivity contribution in [2.24, 2.45) is 0 Å². The number of likely N-dealkylation sites (tertiary alicyclic amines) is 1. The highest BCUT2D eigenvalue weighted by atomic mass is 16.5. The largest absolute Gasteiger partial charge is 0.507 e.